The topological polar surface area (TPSA) is 102 Å². The van der Waals surface area contributed by atoms with Crippen LogP contribution in [0.3, 0.4) is 0 Å². The number of hydrogen-bond donors (Lipinski definition) is 1. The molecule has 0 radical (unpaired) electrons. The Hall–Kier alpha value is -4.95. The minimum absolute atomic E-state index is 0.0442. The van der Waals surface area contributed by atoms with Crippen LogP contribution < -0.4 is 15.0 Å². The first kappa shape index (κ1) is 33.4. The number of methoxy groups -OCH3 is 1. The van der Waals surface area contributed by atoms with Crippen LogP contribution in [-0.4, -0.2) is 45.8 Å². The normalized spacial score (nSPS) is 16.4. The lowest BCUT2D eigenvalue weighted by molar-refractivity contribution is -0.143. The van der Waals surface area contributed by atoms with Crippen LogP contribution in [0.2, 0.25) is 0 Å². The molecule has 0 saturated carbocycles. The number of halogens is 6. The minimum Gasteiger partial charge on any atom is -0.481 e. The molecule has 0 saturated heterocycles. The molecule has 4 heterocycles. The van der Waals surface area contributed by atoms with E-state index >= 15 is 0 Å². The van der Waals surface area contributed by atoms with E-state index in [-0.39, 0.29) is 41.8 Å². The average molecular weight is 661 g/mol. The van der Waals surface area contributed by atoms with Crippen LogP contribution in [0.5, 0.6) is 5.88 Å². The molecule has 2 atom stereocenters. The Labute approximate surface area is 266 Å². The number of amides is 1. The highest BCUT2D eigenvalue weighted by atomic mass is 19.4. The highest BCUT2D eigenvalue weighted by Gasteiger charge is 2.39. The maximum atomic E-state index is 13.6. The third kappa shape index (κ3) is 7.39. The van der Waals surface area contributed by atoms with Gasteiger partial charge in [0.05, 0.1) is 53.7 Å². The van der Waals surface area contributed by atoms with Gasteiger partial charge >= 0.3 is 18.4 Å². The van der Waals surface area contributed by atoms with Crippen molar-refractivity contribution < 1.29 is 40.6 Å². The highest BCUT2D eigenvalue weighted by molar-refractivity contribution is 5.90. The molecule has 1 N–H and O–H groups in total. The lowest BCUT2D eigenvalue weighted by atomic mass is 9.93. The van der Waals surface area contributed by atoms with E-state index in [1.165, 1.54) is 24.4 Å². The summed E-state index contributed by atoms with van der Waals surface area (Å²) in [6.45, 7) is 3.78. The van der Waals surface area contributed by atoms with E-state index in [0.29, 0.717) is 47.6 Å². The van der Waals surface area contributed by atoms with E-state index < -0.39 is 42.0 Å². The van der Waals surface area contributed by atoms with Crippen molar-refractivity contribution in [1.29, 1.82) is 0 Å². The molecular weight excluding hydrogens is 630 g/mol. The molecule has 47 heavy (non-hydrogen) atoms. The summed E-state index contributed by atoms with van der Waals surface area (Å²) in [5.74, 6) is 0.328. The Balaban J connectivity index is 1.58. The maximum absolute atomic E-state index is 13.6. The fourth-order valence-electron chi connectivity index (χ4n) is 5.45. The summed E-state index contributed by atoms with van der Waals surface area (Å²) in [5, 5.41) is 3.22. The standard InChI is InChI=1S/C32H30F6N6O3/c1-4-21-16-25(28-26(9-10-27(43-28)46-3)44(21)30(45)47-5-2)42-29-40-17-22(23-8-6-7-11-39-23)24(41-29)14-18-12-19(31(33,34)35)15-20(13-18)32(36,37)38/h6-13,15,17,21,25H,4-5,14,16H2,1-3H3,(H,40,41,42)/t21-,25+/m1/s1. The molecule has 0 fully saturated rings. The molecule has 15 heteroatoms. The van der Waals surface area contributed by atoms with Crippen molar-refractivity contribution in [3.8, 4) is 17.1 Å². The number of hydrogen-bond acceptors (Lipinski definition) is 8. The van der Waals surface area contributed by atoms with E-state index in [4.69, 9.17) is 9.47 Å². The number of rotatable bonds is 8. The molecule has 248 valence electrons. The molecule has 0 unspecified atom stereocenters. The van der Waals surface area contributed by atoms with Gasteiger partial charge in [-0.1, -0.05) is 13.0 Å². The second-order valence-electron chi connectivity index (χ2n) is 10.7. The highest BCUT2D eigenvalue weighted by Crippen LogP contribution is 2.41. The molecule has 5 rings (SSSR count). The number of ether oxygens (including phenoxy) is 2. The number of aromatic nitrogens is 4. The Kier molecular flexibility index (Phi) is 9.54. The SMILES string of the molecule is CCOC(=O)N1c2ccc(OC)nc2[C@@H](Nc2ncc(-c3ccccn3)c(Cc3cc(C(F)(F)F)cc(C(F)(F)F)c3)n2)C[C@H]1CC. The fourth-order valence-corrected chi connectivity index (χ4v) is 5.45. The predicted octanol–water partition coefficient (Wildman–Crippen LogP) is 7.87. The Morgan fingerprint density at radius 2 is 1.70 bits per heavy atom. The minimum atomic E-state index is -5.01. The first-order chi connectivity index (χ1) is 22.3. The van der Waals surface area contributed by atoms with Crippen LogP contribution in [0.25, 0.3) is 11.3 Å². The number of fused-ring (bicyclic) bond motifs is 1. The van der Waals surface area contributed by atoms with Crippen molar-refractivity contribution in [3.05, 3.63) is 89.0 Å². The number of carbonyl (C=O) groups is 1. The second-order valence-corrected chi connectivity index (χ2v) is 10.7. The summed E-state index contributed by atoms with van der Waals surface area (Å²) in [5.41, 5.74) is -1.34. The van der Waals surface area contributed by atoms with Crippen LogP contribution in [0, 0.1) is 0 Å². The molecule has 1 aliphatic rings. The van der Waals surface area contributed by atoms with Crippen molar-refractivity contribution >= 4 is 17.7 Å². The van der Waals surface area contributed by atoms with Crippen LogP contribution in [0.1, 0.15) is 60.8 Å². The van der Waals surface area contributed by atoms with Gasteiger partial charge in [0, 0.05) is 36.5 Å². The number of anilines is 2. The first-order valence-electron chi connectivity index (χ1n) is 14.7. The first-order valence-corrected chi connectivity index (χ1v) is 14.7. The molecule has 0 spiro atoms. The summed E-state index contributed by atoms with van der Waals surface area (Å²) in [6.07, 6.45) is -7.12. The van der Waals surface area contributed by atoms with Crippen LogP contribution >= 0.6 is 0 Å². The van der Waals surface area contributed by atoms with Crippen molar-refractivity contribution in [3.63, 3.8) is 0 Å². The largest absolute Gasteiger partial charge is 0.481 e. The number of pyridine rings is 2. The summed E-state index contributed by atoms with van der Waals surface area (Å²) in [4.78, 5) is 32.4. The van der Waals surface area contributed by atoms with Crippen molar-refractivity contribution in [2.75, 3.05) is 23.9 Å². The van der Waals surface area contributed by atoms with Crippen molar-refractivity contribution in [1.82, 2.24) is 19.9 Å². The number of alkyl halides is 6. The van der Waals surface area contributed by atoms with E-state index in [2.05, 4.69) is 25.3 Å². The van der Waals surface area contributed by atoms with Crippen LogP contribution in [0.4, 0.5) is 42.8 Å². The number of carbonyl (C=O) groups excluding carboxylic acids is 1. The van der Waals surface area contributed by atoms with Gasteiger partial charge in [0.15, 0.2) is 0 Å². The second kappa shape index (κ2) is 13.4. The van der Waals surface area contributed by atoms with Crippen LogP contribution in [-0.2, 0) is 23.5 Å². The van der Waals surface area contributed by atoms with E-state index in [9.17, 15) is 31.1 Å². The number of benzene rings is 1. The number of nitrogens with one attached hydrogen (secondary N) is 1. The summed E-state index contributed by atoms with van der Waals surface area (Å²) in [7, 11) is 1.45. The van der Waals surface area contributed by atoms with Gasteiger partial charge in [-0.3, -0.25) is 9.88 Å². The van der Waals surface area contributed by atoms with Gasteiger partial charge in [0.1, 0.15) is 0 Å². The van der Waals surface area contributed by atoms with Gasteiger partial charge in [0.25, 0.3) is 0 Å². The predicted molar refractivity (Wildman–Crippen MR) is 160 cm³/mol. The molecule has 0 bridgehead atoms. The lowest BCUT2D eigenvalue weighted by Crippen LogP contribution is -2.46. The number of nitrogens with zero attached hydrogens (tertiary/aromatic N) is 5. The molecule has 4 aromatic rings. The third-order valence-electron chi connectivity index (χ3n) is 7.62. The molecule has 1 amide bonds. The molecule has 1 aromatic carbocycles. The van der Waals surface area contributed by atoms with E-state index in [0.717, 1.165) is 0 Å². The molecule has 3 aromatic heterocycles. The summed E-state index contributed by atoms with van der Waals surface area (Å²) < 4.78 is 92.5. The smallest absolute Gasteiger partial charge is 0.416 e. The van der Waals surface area contributed by atoms with Gasteiger partial charge in [-0.2, -0.15) is 26.3 Å². The van der Waals surface area contributed by atoms with Crippen molar-refractivity contribution in [2.45, 2.75) is 57.5 Å². The van der Waals surface area contributed by atoms with E-state index in [1.54, 1.807) is 37.3 Å². The fraction of sp³-hybridized carbons (Fsp3) is 0.344. The van der Waals surface area contributed by atoms with Gasteiger partial charge in [-0.05, 0) is 61.7 Å². The quantitative estimate of drug-likeness (QED) is 0.191. The van der Waals surface area contributed by atoms with Gasteiger partial charge in [-0.15, -0.1) is 0 Å². The van der Waals surface area contributed by atoms with Gasteiger partial charge in [0.2, 0.25) is 11.8 Å². The summed E-state index contributed by atoms with van der Waals surface area (Å²) >= 11 is 0. The zero-order valence-corrected chi connectivity index (χ0v) is 25.5. The monoisotopic (exact) mass is 660 g/mol. The van der Waals surface area contributed by atoms with Gasteiger partial charge < -0.3 is 14.8 Å². The third-order valence-corrected chi connectivity index (χ3v) is 7.62. The summed E-state index contributed by atoms with van der Waals surface area (Å²) in [6, 6.07) is 8.84. The Morgan fingerprint density at radius 1 is 0.979 bits per heavy atom. The Bertz CT molecular complexity index is 1700. The molecular formula is C32H30F6N6O3. The zero-order valence-electron chi connectivity index (χ0n) is 25.5. The molecule has 9 nitrogen and oxygen atoms in total. The van der Waals surface area contributed by atoms with Gasteiger partial charge in [-0.25, -0.2) is 19.7 Å². The molecule has 0 aliphatic carbocycles. The Morgan fingerprint density at radius 3 is 2.30 bits per heavy atom. The zero-order chi connectivity index (χ0) is 33.9. The molecule has 1 aliphatic heterocycles. The van der Waals surface area contributed by atoms with Crippen LogP contribution in [0.15, 0.2) is 60.9 Å². The lowest BCUT2D eigenvalue weighted by Gasteiger charge is -2.39. The maximum Gasteiger partial charge on any atom is 0.416 e. The van der Waals surface area contributed by atoms with Crippen molar-refractivity contribution in [2.24, 2.45) is 0 Å². The average Bonchev–Trinajstić information content (AvgIpc) is 3.04. The van der Waals surface area contributed by atoms with E-state index in [1.807, 2.05) is 6.92 Å².